The summed E-state index contributed by atoms with van der Waals surface area (Å²) in [4.78, 5) is 21.7. The lowest BCUT2D eigenvalue weighted by Crippen LogP contribution is -2.25. The number of carboxylic acids is 1. The highest BCUT2D eigenvalue weighted by atomic mass is 16.4. The van der Waals surface area contributed by atoms with Gasteiger partial charge in [-0.15, -0.1) is 0 Å². The van der Waals surface area contributed by atoms with Gasteiger partial charge in [-0.25, -0.2) is 0 Å². The topological polar surface area (TPSA) is 66.3 Å². The Morgan fingerprint density at radius 3 is 1.92 bits per heavy atom. The molecule has 2 rings (SSSR count). The third-order valence-electron chi connectivity index (χ3n) is 4.09. The lowest BCUT2D eigenvalue weighted by atomic mass is 10.1. The first-order valence-corrected chi connectivity index (χ1v) is 8.98. The van der Waals surface area contributed by atoms with E-state index >= 15 is 0 Å². The summed E-state index contributed by atoms with van der Waals surface area (Å²) in [5, 5.41) is 8.65. The normalized spacial score (nSPS) is 10.9. The molecular weight excluding hydrogens is 314 g/mol. The quantitative estimate of drug-likeness (QED) is 0.593. The zero-order chi connectivity index (χ0) is 17.7. The molecule has 0 saturated heterocycles. The molecule has 5 heteroatoms. The van der Waals surface area contributed by atoms with Gasteiger partial charge < -0.3 is 5.11 Å². The average molecular weight is 341 g/mol. The number of aromatic nitrogens is 2. The molecule has 0 radical (unpaired) electrons. The van der Waals surface area contributed by atoms with Crippen LogP contribution in [0, 0.1) is 0 Å². The Hall–Kier alpha value is -2.27. The molecule has 0 saturated carbocycles. The maximum absolute atomic E-state index is 10.5. The van der Waals surface area contributed by atoms with Crippen LogP contribution in [0.25, 0.3) is 0 Å². The van der Waals surface area contributed by atoms with Crippen molar-refractivity contribution in [1.29, 1.82) is 0 Å². The highest BCUT2D eigenvalue weighted by Crippen LogP contribution is 2.11. The predicted molar refractivity (Wildman–Crippen MR) is 97.9 cm³/mol. The van der Waals surface area contributed by atoms with E-state index in [9.17, 15) is 4.79 Å². The van der Waals surface area contributed by atoms with Gasteiger partial charge in [0.25, 0.3) is 0 Å². The predicted octanol–water partition coefficient (Wildman–Crippen LogP) is 3.90. The van der Waals surface area contributed by atoms with Gasteiger partial charge in [0.2, 0.25) is 0 Å². The molecule has 2 aromatic heterocycles. The van der Waals surface area contributed by atoms with E-state index in [4.69, 9.17) is 5.11 Å². The van der Waals surface area contributed by atoms with Gasteiger partial charge in [0.05, 0.1) is 11.4 Å². The maximum atomic E-state index is 10.5. The first-order chi connectivity index (χ1) is 12.2. The SMILES string of the molecule is O=C(O)CCCCCCCN(Cc1ccccn1)Cc1ccccn1. The van der Waals surface area contributed by atoms with Crippen LogP contribution in [0.1, 0.15) is 49.9 Å². The van der Waals surface area contributed by atoms with Crippen molar-refractivity contribution in [2.24, 2.45) is 0 Å². The van der Waals surface area contributed by atoms with E-state index in [1.165, 1.54) is 0 Å². The Morgan fingerprint density at radius 1 is 0.840 bits per heavy atom. The average Bonchev–Trinajstić information content (AvgIpc) is 2.62. The minimum Gasteiger partial charge on any atom is -0.481 e. The molecule has 1 N–H and O–H groups in total. The minimum atomic E-state index is -0.697. The summed E-state index contributed by atoms with van der Waals surface area (Å²) in [6, 6.07) is 12.0. The number of carbonyl (C=O) groups is 1. The van der Waals surface area contributed by atoms with Crippen LogP contribution >= 0.6 is 0 Å². The summed E-state index contributed by atoms with van der Waals surface area (Å²) in [6.07, 6.45) is 9.04. The van der Waals surface area contributed by atoms with E-state index in [-0.39, 0.29) is 6.42 Å². The molecule has 25 heavy (non-hydrogen) atoms. The summed E-state index contributed by atoms with van der Waals surface area (Å²) in [5.41, 5.74) is 2.14. The molecular formula is C20H27N3O2. The molecule has 0 unspecified atom stereocenters. The van der Waals surface area contributed by atoms with Crippen LogP contribution in [0.4, 0.5) is 0 Å². The molecule has 0 atom stereocenters. The standard InChI is InChI=1S/C20H27N3O2/c24-20(25)12-4-2-1-3-9-15-23(16-18-10-5-7-13-21-18)17-19-11-6-8-14-22-19/h5-8,10-11,13-14H,1-4,9,12,15-17H2,(H,24,25). The summed E-state index contributed by atoms with van der Waals surface area (Å²) in [6.45, 7) is 2.62. The molecule has 2 aromatic rings. The fraction of sp³-hybridized carbons (Fsp3) is 0.450. The zero-order valence-corrected chi connectivity index (χ0v) is 14.7. The van der Waals surface area contributed by atoms with Gasteiger partial charge in [0.1, 0.15) is 0 Å². The van der Waals surface area contributed by atoms with Crippen molar-refractivity contribution in [3.05, 3.63) is 60.2 Å². The summed E-state index contributed by atoms with van der Waals surface area (Å²) in [5.74, 6) is -0.697. The van der Waals surface area contributed by atoms with Gasteiger partial charge in [0, 0.05) is 31.9 Å². The van der Waals surface area contributed by atoms with E-state index in [2.05, 4.69) is 27.0 Å². The summed E-state index contributed by atoms with van der Waals surface area (Å²) < 4.78 is 0. The van der Waals surface area contributed by atoms with Gasteiger partial charge >= 0.3 is 5.97 Å². The second-order valence-electron chi connectivity index (χ2n) is 6.26. The highest BCUT2D eigenvalue weighted by molar-refractivity contribution is 5.66. The van der Waals surface area contributed by atoms with E-state index in [0.29, 0.717) is 0 Å². The number of carboxylic acid groups (broad SMARTS) is 1. The third-order valence-corrected chi connectivity index (χ3v) is 4.09. The van der Waals surface area contributed by atoms with Crippen LogP contribution in [-0.4, -0.2) is 32.5 Å². The van der Waals surface area contributed by atoms with Crippen molar-refractivity contribution in [3.63, 3.8) is 0 Å². The van der Waals surface area contributed by atoms with Gasteiger partial charge in [-0.3, -0.25) is 19.7 Å². The fourth-order valence-corrected chi connectivity index (χ4v) is 2.80. The van der Waals surface area contributed by atoms with Crippen LogP contribution in [0.5, 0.6) is 0 Å². The van der Waals surface area contributed by atoms with E-state index in [0.717, 1.165) is 63.1 Å². The first kappa shape index (κ1) is 19.1. The third kappa shape index (κ3) is 8.40. The number of aliphatic carboxylic acids is 1. The first-order valence-electron chi connectivity index (χ1n) is 8.98. The molecule has 0 spiro atoms. The molecule has 0 aromatic carbocycles. The lowest BCUT2D eigenvalue weighted by molar-refractivity contribution is -0.137. The molecule has 0 amide bonds. The number of rotatable bonds is 12. The van der Waals surface area contributed by atoms with Crippen molar-refractivity contribution in [1.82, 2.24) is 14.9 Å². The van der Waals surface area contributed by atoms with Crippen molar-refractivity contribution in [3.8, 4) is 0 Å². The number of hydrogen-bond acceptors (Lipinski definition) is 4. The monoisotopic (exact) mass is 341 g/mol. The summed E-state index contributed by atoms with van der Waals surface area (Å²) >= 11 is 0. The van der Waals surface area contributed by atoms with Gasteiger partial charge in [0.15, 0.2) is 0 Å². The van der Waals surface area contributed by atoms with Crippen LogP contribution in [0.15, 0.2) is 48.8 Å². The Bertz CT molecular complexity index is 563. The Labute approximate surface area is 149 Å². The zero-order valence-electron chi connectivity index (χ0n) is 14.7. The maximum Gasteiger partial charge on any atom is 0.303 e. The molecule has 0 bridgehead atoms. The van der Waals surface area contributed by atoms with Gasteiger partial charge in [-0.2, -0.15) is 0 Å². The highest BCUT2D eigenvalue weighted by Gasteiger charge is 2.08. The lowest BCUT2D eigenvalue weighted by Gasteiger charge is -2.21. The molecule has 2 heterocycles. The number of hydrogen-bond donors (Lipinski definition) is 1. The van der Waals surface area contributed by atoms with E-state index < -0.39 is 5.97 Å². The molecule has 0 aliphatic rings. The number of nitrogens with zero attached hydrogens (tertiary/aromatic N) is 3. The van der Waals surface area contributed by atoms with Crippen LogP contribution < -0.4 is 0 Å². The Morgan fingerprint density at radius 2 is 1.40 bits per heavy atom. The molecule has 0 aliphatic carbocycles. The second-order valence-corrected chi connectivity index (χ2v) is 6.26. The van der Waals surface area contributed by atoms with E-state index in [1.54, 1.807) is 0 Å². The van der Waals surface area contributed by atoms with Gasteiger partial charge in [-0.05, 0) is 43.7 Å². The second kappa shape index (κ2) is 11.3. The van der Waals surface area contributed by atoms with Crippen LogP contribution in [0.3, 0.4) is 0 Å². The van der Waals surface area contributed by atoms with Crippen molar-refractivity contribution < 1.29 is 9.90 Å². The number of unbranched alkanes of at least 4 members (excludes halogenated alkanes) is 4. The van der Waals surface area contributed by atoms with E-state index in [1.807, 2.05) is 36.7 Å². The van der Waals surface area contributed by atoms with Crippen molar-refractivity contribution >= 4 is 5.97 Å². The Balaban J connectivity index is 1.77. The largest absolute Gasteiger partial charge is 0.481 e. The number of pyridine rings is 2. The Kier molecular flexibility index (Phi) is 8.63. The van der Waals surface area contributed by atoms with Crippen molar-refractivity contribution in [2.75, 3.05) is 6.54 Å². The molecule has 0 aliphatic heterocycles. The smallest absolute Gasteiger partial charge is 0.303 e. The summed E-state index contributed by atoms with van der Waals surface area (Å²) in [7, 11) is 0. The molecule has 0 fully saturated rings. The van der Waals surface area contributed by atoms with Gasteiger partial charge in [-0.1, -0.05) is 31.4 Å². The molecule has 5 nitrogen and oxygen atoms in total. The molecule has 134 valence electrons. The fourth-order valence-electron chi connectivity index (χ4n) is 2.80. The van der Waals surface area contributed by atoms with Crippen molar-refractivity contribution in [2.45, 2.75) is 51.6 Å². The van der Waals surface area contributed by atoms with Crippen LogP contribution in [-0.2, 0) is 17.9 Å². The van der Waals surface area contributed by atoms with Crippen LogP contribution in [0.2, 0.25) is 0 Å². The minimum absolute atomic E-state index is 0.283.